The fourth-order valence-electron chi connectivity index (χ4n) is 4.99. The van der Waals surface area contributed by atoms with Crippen LogP contribution in [0.2, 0.25) is 10.0 Å². The van der Waals surface area contributed by atoms with Crippen molar-refractivity contribution in [1.29, 1.82) is 0 Å². The lowest BCUT2D eigenvalue weighted by atomic mass is 9.95. The number of hydrogen-bond acceptors (Lipinski definition) is 10. The minimum Gasteiger partial charge on any atom is -0.503 e. The Bertz CT molecular complexity index is 1980. The highest BCUT2D eigenvalue weighted by atomic mass is 35.5. The predicted octanol–water partition coefficient (Wildman–Crippen LogP) is 8.80. The highest BCUT2D eigenvalue weighted by Gasteiger charge is 2.47. The van der Waals surface area contributed by atoms with E-state index in [1.165, 1.54) is 22.7 Å². The van der Waals surface area contributed by atoms with Gasteiger partial charge in [0.15, 0.2) is 27.4 Å². The highest BCUT2D eigenvalue weighted by Crippen LogP contribution is 2.46. The summed E-state index contributed by atoms with van der Waals surface area (Å²) in [5.41, 5.74) is 2.17. The van der Waals surface area contributed by atoms with Crippen molar-refractivity contribution >= 4 is 63.1 Å². The molecule has 1 amide bonds. The molecule has 0 aliphatic carbocycles. The van der Waals surface area contributed by atoms with Crippen LogP contribution < -0.4 is 14.4 Å². The summed E-state index contributed by atoms with van der Waals surface area (Å²) in [6, 6.07) is 22.2. The summed E-state index contributed by atoms with van der Waals surface area (Å²) >= 11 is 14.9. The van der Waals surface area contributed by atoms with E-state index in [9.17, 15) is 14.7 Å². The van der Waals surface area contributed by atoms with Crippen molar-refractivity contribution in [3.05, 3.63) is 128 Å². The number of carbonyl (C=O) groups is 2. The first-order valence-corrected chi connectivity index (χ1v) is 17.0. The number of carbonyl (C=O) groups excluding carboxylic acids is 2. The van der Waals surface area contributed by atoms with Crippen LogP contribution in [0.25, 0.3) is 0 Å². The SMILES string of the molecule is CCOc1cc(C2C(C(=O)c3ccc(C)o3)=C(O)C(=O)N2c2nnc(SCc3ccc(Cl)cc3Cl)s2)ccc1OCc1ccccc1. The van der Waals surface area contributed by atoms with Crippen LogP contribution in [0.4, 0.5) is 5.13 Å². The molecule has 1 unspecified atom stereocenters. The van der Waals surface area contributed by atoms with Crippen LogP contribution in [0.5, 0.6) is 11.5 Å². The lowest BCUT2D eigenvalue weighted by Gasteiger charge is -2.25. The summed E-state index contributed by atoms with van der Waals surface area (Å²) in [6.45, 7) is 4.19. The van der Waals surface area contributed by atoms with Gasteiger partial charge < -0.3 is 19.0 Å². The Kier molecular flexibility index (Phi) is 9.88. The van der Waals surface area contributed by atoms with Crippen LogP contribution in [0.15, 0.2) is 99.0 Å². The minimum absolute atomic E-state index is 0.00935. The maximum Gasteiger partial charge on any atom is 0.296 e. The van der Waals surface area contributed by atoms with Crippen LogP contribution in [0.3, 0.4) is 0 Å². The quantitative estimate of drug-likeness (QED) is 0.0772. The van der Waals surface area contributed by atoms with E-state index in [0.717, 1.165) is 22.5 Å². The second-order valence-electron chi connectivity index (χ2n) is 10.4. The zero-order valence-electron chi connectivity index (χ0n) is 25.1. The van der Waals surface area contributed by atoms with E-state index in [2.05, 4.69) is 10.2 Å². The van der Waals surface area contributed by atoms with E-state index < -0.39 is 23.5 Å². The third-order valence-corrected chi connectivity index (χ3v) is 9.90. The Labute approximate surface area is 288 Å². The maximum atomic E-state index is 13.8. The Hall–Kier alpha value is -4.29. The zero-order valence-corrected chi connectivity index (χ0v) is 28.3. The van der Waals surface area contributed by atoms with Gasteiger partial charge in [0, 0.05) is 15.8 Å². The number of aliphatic hydroxyl groups is 1. The normalized spacial score (nSPS) is 14.6. The number of ketones is 1. The van der Waals surface area contributed by atoms with Gasteiger partial charge in [-0.05, 0) is 66.9 Å². The molecule has 0 fully saturated rings. The van der Waals surface area contributed by atoms with Crippen molar-refractivity contribution in [3.63, 3.8) is 0 Å². The fourth-order valence-corrected chi connectivity index (χ4v) is 7.42. The number of benzene rings is 3. The summed E-state index contributed by atoms with van der Waals surface area (Å²) in [5.74, 6) is -0.250. The molecular formula is C34H27Cl2N3O6S2. The maximum absolute atomic E-state index is 13.8. The molecule has 3 heterocycles. The number of rotatable bonds is 12. The molecule has 3 aromatic carbocycles. The number of ether oxygens (including phenoxy) is 2. The van der Waals surface area contributed by atoms with Gasteiger partial charge in [0.1, 0.15) is 12.4 Å². The first-order valence-electron chi connectivity index (χ1n) is 14.4. The topological polar surface area (TPSA) is 115 Å². The average Bonchev–Trinajstić information content (AvgIpc) is 3.78. The minimum atomic E-state index is -1.07. The molecule has 5 aromatic rings. The number of amides is 1. The number of hydrogen-bond donors (Lipinski definition) is 1. The van der Waals surface area contributed by atoms with Gasteiger partial charge in [-0.2, -0.15) is 0 Å². The largest absolute Gasteiger partial charge is 0.503 e. The van der Waals surface area contributed by atoms with Crippen molar-refractivity contribution in [2.45, 2.75) is 36.6 Å². The van der Waals surface area contributed by atoms with E-state index in [1.54, 1.807) is 43.3 Å². The third-order valence-electron chi connectivity index (χ3n) is 7.21. The number of Topliss-reactive ketones (excluding diaryl/α,β-unsaturated/α-hetero) is 1. The van der Waals surface area contributed by atoms with Crippen LogP contribution in [-0.2, 0) is 17.2 Å². The zero-order chi connectivity index (χ0) is 33.1. The first kappa shape index (κ1) is 32.6. The second kappa shape index (κ2) is 14.2. The molecule has 0 saturated heterocycles. The van der Waals surface area contributed by atoms with Gasteiger partial charge in [-0.1, -0.05) is 88.8 Å². The number of aromatic nitrogens is 2. The molecule has 1 aliphatic heterocycles. The Morgan fingerprint density at radius 3 is 2.55 bits per heavy atom. The number of halogens is 2. The first-order chi connectivity index (χ1) is 22.7. The van der Waals surface area contributed by atoms with Crippen LogP contribution in [0, 0.1) is 6.92 Å². The van der Waals surface area contributed by atoms with Gasteiger partial charge in [0.25, 0.3) is 5.91 Å². The summed E-state index contributed by atoms with van der Waals surface area (Å²) in [6.07, 6.45) is 0. The lowest BCUT2D eigenvalue weighted by molar-refractivity contribution is -0.117. The molecule has 13 heteroatoms. The van der Waals surface area contributed by atoms with Crippen molar-refractivity contribution in [2.75, 3.05) is 11.5 Å². The van der Waals surface area contributed by atoms with Gasteiger partial charge in [-0.25, -0.2) is 0 Å². The average molecular weight is 709 g/mol. The molecule has 0 radical (unpaired) electrons. The number of furan rings is 1. The lowest BCUT2D eigenvalue weighted by Crippen LogP contribution is -2.31. The third kappa shape index (κ3) is 7.03. The van der Waals surface area contributed by atoms with Gasteiger partial charge in [0.05, 0.1) is 18.2 Å². The van der Waals surface area contributed by atoms with Crippen LogP contribution in [-0.4, -0.2) is 33.6 Å². The molecule has 2 aromatic heterocycles. The second-order valence-corrected chi connectivity index (χ2v) is 13.4. The van der Waals surface area contributed by atoms with E-state index in [0.29, 0.717) is 56.2 Å². The summed E-state index contributed by atoms with van der Waals surface area (Å²) in [4.78, 5) is 28.8. The van der Waals surface area contributed by atoms with Gasteiger partial charge in [-0.3, -0.25) is 14.5 Å². The van der Waals surface area contributed by atoms with Crippen LogP contribution >= 0.6 is 46.3 Å². The molecule has 1 aliphatic rings. The molecular weight excluding hydrogens is 681 g/mol. The van der Waals surface area contributed by atoms with Gasteiger partial charge in [-0.15, -0.1) is 10.2 Å². The Morgan fingerprint density at radius 2 is 1.83 bits per heavy atom. The van der Waals surface area contributed by atoms with Crippen molar-refractivity contribution < 1.29 is 28.6 Å². The Balaban J connectivity index is 1.35. The molecule has 0 saturated carbocycles. The molecule has 1 atom stereocenters. The smallest absolute Gasteiger partial charge is 0.296 e. The van der Waals surface area contributed by atoms with E-state index in [1.807, 2.05) is 43.3 Å². The molecule has 240 valence electrons. The van der Waals surface area contributed by atoms with Gasteiger partial charge >= 0.3 is 0 Å². The summed E-state index contributed by atoms with van der Waals surface area (Å²) in [7, 11) is 0. The van der Waals surface area contributed by atoms with Crippen molar-refractivity contribution in [3.8, 4) is 11.5 Å². The van der Waals surface area contributed by atoms with Crippen LogP contribution in [0.1, 0.15) is 46.0 Å². The molecule has 9 nitrogen and oxygen atoms in total. The van der Waals surface area contributed by atoms with Crippen molar-refractivity contribution in [1.82, 2.24) is 10.2 Å². The monoisotopic (exact) mass is 707 g/mol. The summed E-state index contributed by atoms with van der Waals surface area (Å²) < 4.78 is 18.2. The van der Waals surface area contributed by atoms with Crippen molar-refractivity contribution in [2.24, 2.45) is 0 Å². The fraction of sp³-hybridized carbons (Fsp3) is 0.176. The number of anilines is 1. The molecule has 47 heavy (non-hydrogen) atoms. The number of nitrogens with zero attached hydrogens (tertiary/aromatic N) is 3. The number of aliphatic hydroxyl groups excluding tert-OH is 1. The van der Waals surface area contributed by atoms with E-state index in [-0.39, 0.29) is 16.5 Å². The standard InChI is InChI=1S/C34H27Cl2N3O6S2/c1-3-43-27-15-21(11-14-25(27)44-17-20-7-5-4-6-8-20)29-28(30(40)26-13-9-19(2)45-26)31(41)32(42)39(29)33-37-38-34(47-33)46-18-22-10-12-23(35)16-24(22)36/h4-16,29,41H,3,17-18H2,1-2H3. The Morgan fingerprint density at radius 1 is 1.02 bits per heavy atom. The molecule has 0 spiro atoms. The van der Waals surface area contributed by atoms with E-state index in [4.69, 9.17) is 37.1 Å². The predicted molar refractivity (Wildman–Crippen MR) is 182 cm³/mol. The summed E-state index contributed by atoms with van der Waals surface area (Å²) in [5, 5.41) is 21.0. The number of aryl methyl sites for hydroxylation is 1. The van der Waals surface area contributed by atoms with Gasteiger partial charge in [0.2, 0.25) is 10.9 Å². The number of thioether (sulfide) groups is 1. The molecule has 6 rings (SSSR count). The highest BCUT2D eigenvalue weighted by molar-refractivity contribution is 8.00. The molecule has 1 N–H and O–H groups in total. The van der Waals surface area contributed by atoms with E-state index >= 15 is 0 Å². The molecule has 0 bridgehead atoms.